The van der Waals surface area contributed by atoms with Gasteiger partial charge in [0, 0.05) is 51.5 Å². The molecule has 0 saturated carbocycles. The molecular formula is C52H104CaN2O8S2. The van der Waals surface area contributed by atoms with Crippen LogP contribution in [0.3, 0.4) is 0 Å². The van der Waals surface area contributed by atoms with Gasteiger partial charge >= 0.3 is 37.7 Å². The van der Waals surface area contributed by atoms with Crippen LogP contribution in [0.4, 0.5) is 0 Å². The van der Waals surface area contributed by atoms with Crippen LogP contribution in [0, 0.1) is 0 Å². The number of amides is 2. The minimum Gasteiger partial charge on any atom is -0.748 e. The summed E-state index contributed by atoms with van der Waals surface area (Å²) in [7, 11) is -5.01. The molecule has 0 aliphatic heterocycles. The second-order valence-electron chi connectivity index (χ2n) is 19.1. The van der Waals surface area contributed by atoms with Crippen LogP contribution in [0.15, 0.2) is 0 Å². The second kappa shape index (κ2) is 51.9. The van der Waals surface area contributed by atoms with E-state index in [-0.39, 0.29) is 62.4 Å². The second-order valence-corrected chi connectivity index (χ2v) is 22.1. The third-order valence-corrected chi connectivity index (χ3v) is 14.2. The summed E-state index contributed by atoms with van der Waals surface area (Å²) in [6, 6.07) is 0. The number of rotatable bonds is 48. The molecule has 0 aliphatic rings. The maximum absolute atomic E-state index is 12.0. The zero-order chi connectivity index (χ0) is 47.8. The molecule has 384 valence electrons. The van der Waals surface area contributed by atoms with E-state index in [1.807, 2.05) is 0 Å². The van der Waals surface area contributed by atoms with Crippen molar-refractivity contribution in [2.45, 2.75) is 284 Å². The van der Waals surface area contributed by atoms with Gasteiger partial charge in [0.1, 0.15) is 0 Å². The maximum atomic E-state index is 12.0. The van der Waals surface area contributed by atoms with Crippen molar-refractivity contribution < 1.29 is 35.5 Å². The molecule has 0 saturated heterocycles. The first-order valence-corrected chi connectivity index (χ1v) is 30.2. The molecular weight excluding hydrogens is 885 g/mol. The van der Waals surface area contributed by atoms with Crippen LogP contribution in [0.25, 0.3) is 0 Å². The average Bonchev–Trinajstić information content (AvgIpc) is 3.24. The summed E-state index contributed by atoms with van der Waals surface area (Å²) in [6.45, 7) is 5.22. The molecule has 0 aromatic carbocycles. The molecule has 2 amide bonds. The molecule has 65 heavy (non-hydrogen) atoms. The molecule has 0 bridgehead atoms. The summed E-state index contributed by atoms with van der Waals surface area (Å²) in [5, 5.41) is 0. The van der Waals surface area contributed by atoms with Crippen molar-refractivity contribution in [1.29, 1.82) is 0 Å². The van der Waals surface area contributed by atoms with Gasteiger partial charge in [0.2, 0.25) is 11.8 Å². The quantitative estimate of drug-likeness (QED) is 0.0331. The minimum absolute atomic E-state index is 0. The summed E-state index contributed by atoms with van der Waals surface area (Å²) in [5.41, 5.74) is 0. The van der Waals surface area contributed by atoms with Gasteiger partial charge in [0.25, 0.3) is 0 Å². The van der Waals surface area contributed by atoms with Gasteiger partial charge in [-0.1, -0.05) is 245 Å². The van der Waals surface area contributed by atoms with Crippen molar-refractivity contribution in [3.05, 3.63) is 0 Å². The Balaban J connectivity index is -0.00000116. The first-order chi connectivity index (χ1) is 30.7. The van der Waals surface area contributed by atoms with E-state index >= 15 is 0 Å². The Morgan fingerprint density at radius 1 is 0.323 bits per heavy atom. The van der Waals surface area contributed by atoms with Crippen molar-refractivity contribution in [3.8, 4) is 0 Å². The Hall–Kier alpha value is 0.0197. The molecule has 0 unspecified atom stereocenters. The monoisotopic (exact) mass is 989 g/mol. The topological polar surface area (TPSA) is 155 Å². The average molecular weight is 990 g/mol. The Morgan fingerprint density at radius 2 is 0.492 bits per heavy atom. The molecule has 0 heterocycles. The summed E-state index contributed by atoms with van der Waals surface area (Å²) < 4.78 is 63.5. The van der Waals surface area contributed by atoms with E-state index in [1.54, 1.807) is 23.9 Å². The smallest absolute Gasteiger partial charge is 0.748 e. The van der Waals surface area contributed by atoms with E-state index in [4.69, 9.17) is 0 Å². The van der Waals surface area contributed by atoms with Gasteiger partial charge in [-0.25, -0.2) is 16.8 Å². The maximum Gasteiger partial charge on any atom is 2.00 e. The van der Waals surface area contributed by atoms with E-state index in [9.17, 15) is 35.5 Å². The number of carbonyl (C=O) groups is 2. The number of unbranched alkanes of at least 4 members (excludes halogenated alkanes) is 36. The summed E-state index contributed by atoms with van der Waals surface area (Å²) in [4.78, 5) is 27.0. The standard InChI is InChI=1S/2C26H53NO4S.Ca/c2*1-3-4-5-6-7-8-9-10-11-12-13-14-15-16-17-18-19-20-21-23-26(28)27(2)24-22-25-32(29,30)31;/h2*3-25H2,1-2H3,(H,29,30,31);/q;;+2/p-2. The van der Waals surface area contributed by atoms with Crippen LogP contribution in [-0.2, 0) is 29.8 Å². The number of hydrogen-bond acceptors (Lipinski definition) is 8. The van der Waals surface area contributed by atoms with Crippen LogP contribution in [0.5, 0.6) is 0 Å². The fourth-order valence-corrected chi connectivity index (χ4v) is 9.26. The van der Waals surface area contributed by atoms with Gasteiger partial charge in [-0.05, 0) is 25.7 Å². The van der Waals surface area contributed by atoms with Crippen molar-refractivity contribution >= 4 is 69.8 Å². The van der Waals surface area contributed by atoms with Crippen molar-refractivity contribution in [2.75, 3.05) is 38.7 Å². The van der Waals surface area contributed by atoms with Crippen LogP contribution in [0.1, 0.15) is 284 Å². The van der Waals surface area contributed by atoms with Gasteiger partial charge in [-0.15, -0.1) is 0 Å². The summed E-state index contributed by atoms with van der Waals surface area (Å²) in [5.74, 6) is -0.714. The largest absolute Gasteiger partial charge is 2.00 e. The zero-order valence-corrected chi connectivity index (χ0v) is 47.1. The molecule has 0 spiro atoms. The van der Waals surface area contributed by atoms with Gasteiger partial charge in [-0.2, -0.15) is 0 Å². The first kappa shape index (κ1) is 69.3. The van der Waals surface area contributed by atoms with Crippen LogP contribution in [0.2, 0.25) is 0 Å². The van der Waals surface area contributed by atoms with Gasteiger partial charge in [0.05, 0.1) is 20.2 Å². The van der Waals surface area contributed by atoms with E-state index < -0.39 is 31.7 Å². The van der Waals surface area contributed by atoms with Gasteiger partial charge in [-0.3, -0.25) is 9.59 Å². The Labute approximate surface area is 434 Å². The van der Waals surface area contributed by atoms with E-state index in [1.165, 1.54) is 218 Å². The molecule has 0 N–H and O–H groups in total. The third kappa shape index (κ3) is 60.1. The van der Waals surface area contributed by atoms with Gasteiger partial charge < -0.3 is 18.9 Å². The van der Waals surface area contributed by atoms with Gasteiger partial charge in [0.15, 0.2) is 0 Å². The third-order valence-electron chi connectivity index (χ3n) is 12.6. The first-order valence-electron chi connectivity index (χ1n) is 27.1. The molecule has 13 heteroatoms. The molecule has 10 nitrogen and oxygen atoms in total. The van der Waals surface area contributed by atoms with E-state index in [0.717, 1.165) is 25.7 Å². The van der Waals surface area contributed by atoms with E-state index in [2.05, 4.69) is 13.8 Å². The van der Waals surface area contributed by atoms with Crippen LogP contribution in [-0.4, -0.2) is 124 Å². The van der Waals surface area contributed by atoms with Crippen molar-refractivity contribution in [3.63, 3.8) is 0 Å². The van der Waals surface area contributed by atoms with Crippen molar-refractivity contribution in [1.82, 2.24) is 9.80 Å². The van der Waals surface area contributed by atoms with Crippen LogP contribution < -0.4 is 0 Å². The minimum atomic E-state index is -4.18. The molecule has 0 aromatic heterocycles. The summed E-state index contributed by atoms with van der Waals surface area (Å²) in [6.07, 6.45) is 52.1. The fourth-order valence-electron chi connectivity index (χ4n) is 8.30. The summed E-state index contributed by atoms with van der Waals surface area (Å²) >= 11 is 0. The molecule has 0 atom stereocenters. The Morgan fingerprint density at radius 3 is 0.662 bits per heavy atom. The number of carbonyl (C=O) groups excluding carboxylic acids is 2. The molecule has 0 aliphatic carbocycles. The van der Waals surface area contributed by atoms with Crippen molar-refractivity contribution in [2.24, 2.45) is 0 Å². The number of hydrogen-bond donors (Lipinski definition) is 0. The molecule has 0 aromatic rings. The Kier molecular flexibility index (Phi) is 55.3. The van der Waals surface area contributed by atoms with Crippen LogP contribution >= 0.6 is 0 Å². The van der Waals surface area contributed by atoms with E-state index in [0.29, 0.717) is 25.9 Å². The SMILES string of the molecule is CCCCCCCCCCCCCCCCCCCCCC(=O)N(C)CCCS(=O)(=O)[O-].CCCCCCCCCCCCCCCCCCCCCC(=O)N(C)CCCS(=O)(=O)[O-].[Ca+2]. The molecule has 0 rings (SSSR count). The number of nitrogens with zero attached hydrogens (tertiary/aromatic N) is 2. The zero-order valence-electron chi connectivity index (χ0n) is 43.2. The Bertz CT molecular complexity index is 1150. The predicted molar refractivity (Wildman–Crippen MR) is 275 cm³/mol. The fraction of sp³-hybridized carbons (Fsp3) is 0.962. The normalized spacial score (nSPS) is 11.5. The molecule has 0 radical (unpaired) electrons. The molecule has 0 fully saturated rings. The predicted octanol–water partition coefficient (Wildman–Crippen LogP) is 14.0.